The van der Waals surface area contributed by atoms with Gasteiger partial charge in [0.25, 0.3) is 10.2 Å². The van der Waals surface area contributed by atoms with Gasteiger partial charge >= 0.3 is 0 Å². The molecule has 1 fully saturated rings. The van der Waals surface area contributed by atoms with Crippen LogP contribution in [0.4, 0.5) is 5.69 Å². The summed E-state index contributed by atoms with van der Waals surface area (Å²) < 4.78 is 32.4. The summed E-state index contributed by atoms with van der Waals surface area (Å²) in [5.41, 5.74) is 0.656. The van der Waals surface area contributed by atoms with E-state index in [1.54, 1.807) is 30.3 Å². The Bertz CT molecular complexity index is 701. The van der Waals surface area contributed by atoms with Gasteiger partial charge in [0, 0.05) is 32.9 Å². The number of carbonyl (C=O) groups excluding carboxylic acids is 1. The number of rotatable bonds is 7. The van der Waals surface area contributed by atoms with Gasteiger partial charge in [0.1, 0.15) is 12.4 Å². The molecular weight excluding hydrogens is 342 g/mol. The van der Waals surface area contributed by atoms with Crippen LogP contribution in [-0.2, 0) is 15.0 Å². The Balaban J connectivity index is 1.97. The van der Waals surface area contributed by atoms with E-state index in [-0.39, 0.29) is 18.4 Å². The van der Waals surface area contributed by atoms with E-state index in [0.29, 0.717) is 37.4 Å². The summed E-state index contributed by atoms with van der Waals surface area (Å²) >= 11 is 0. The number of anilines is 1. The van der Waals surface area contributed by atoms with E-state index in [1.165, 1.54) is 22.7 Å². The highest BCUT2D eigenvalue weighted by atomic mass is 32.2. The zero-order valence-corrected chi connectivity index (χ0v) is 15.5. The average Bonchev–Trinajstić information content (AvgIpc) is 2.61. The van der Waals surface area contributed by atoms with Crippen LogP contribution in [0.3, 0.4) is 0 Å². The van der Waals surface area contributed by atoms with Crippen molar-refractivity contribution in [1.82, 2.24) is 8.61 Å². The molecule has 7 nitrogen and oxygen atoms in total. The molecule has 138 valence electrons. The molecule has 0 spiro atoms. The van der Waals surface area contributed by atoms with Gasteiger partial charge in [0.05, 0.1) is 5.92 Å². The molecule has 0 bridgehead atoms. The van der Waals surface area contributed by atoms with Gasteiger partial charge < -0.3 is 10.1 Å². The van der Waals surface area contributed by atoms with Crippen LogP contribution in [0.15, 0.2) is 36.9 Å². The number of hydrogen-bond donors (Lipinski definition) is 1. The maximum atomic E-state index is 12.5. The van der Waals surface area contributed by atoms with Gasteiger partial charge in [-0.3, -0.25) is 4.79 Å². The zero-order chi connectivity index (χ0) is 18.4. The Morgan fingerprint density at radius 2 is 2.08 bits per heavy atom. The summed E-state index contributed by atoms with van der Waals surface area (Å²) in [6, 6.07) is 7.05. The second-order valence-corrected chi connectivity index (χ2v) is 8.24. The first-order valence-electron chi connectivity index (χ1n) is 8.17. The van der Waals surface area contributed by atoms with Gasteiger partial charge in [-0.15, -0.1) is 0 Å². The Labute approximate surface area is 149 Å². The summed E-state index contributed by atoms with van der Waals surface area (Å²) in [6.45, 7) is 4.65. The summed E-state index contributed by atoms with van der Waals surface area (Å²) in [6.07, 6.45) is 3.00. The first-order chi connectivity index (χ1) is 11.8. The van der Waals surface area contributed by atoms with Crippen molar-refractivity contribution in [2.45, 2.75) is 12.8 Å². The highest BCUT2D eigenvalue weighted by Crippen LogP contribution is 2.22. The van der Waals surface area contributed by atoms with Gasteiger partial charge in [-0.05, 0) is 37.1 Å². The monoisotopic (exact) mass is 367 g/mol. The third-order valence-corrected chi connectivity index (χ3v) is 5.94. The minimum absolute atomic E-state index is 0.168. The van der Waals surface area contributed by atoms with Crippen LogP contribution in [0.1, 0.15) is 12.8 Å². The summed E-state index contributed by atoms with van der Waals surface area (Å²) in [5, 5.41) is 2.85. The number of amides is 1. The standard InChI is InChI=1S/C17H25N3O4S/c1-4-12-24-16-9-7-15(8-10-16)18-17(21)14-6-5-11-20(13-14)25(22,23)19(2)3/h4,7-10,14H,1,5-6,11-13H2,2-3H3,(H,18,21)/t14-/m1/s1. The molecule has 25 heavy (non-hydrogen) atoms. The second kappa shape index (κ2) is 8.46. The minimum atomic E-state index is -3.49. The van der Waals surface area contributed by atoms with E-state index < -0.39 is 10.2 Å². The van der Waals surface area contributed by atoms with Gasteiger partial charge in [-0.2, -0.15) is 17.0 Å². The maximum absolute atomic E-state index is 12.5. The first kappa shape index (κ1) is 19.4. The molecule has 0 radical (unpaired) electrons. The van der Waals surface area contributed by atoms with Crippen LogP contribution < -0.4 is 10.1 Å². The lowest BCUT2D eigenvalue weighted by molar-refractivity contribution is -0.120. The Morgan fingerprint density at radius 1 is 1.40 bits per heavy atom. The van der Waals surface area contributed by atoms with Crippen LogP contribution in [0.5, 0.6) is 5.75 Å². The Morgan fingerprint density at radius 3 is 2.68 bits per heavy atom. The molecule has 2 rings (SSSR count). The Kier molecular flexibility index (Phi) is 6.57. The molecule has 1 aliphatic rings. The number of nitrogens with zero attached hydrogens (tertiary/aromatic N) is 2. The van der Waals surface area contributed by atoms with Gasteiger partial charge in [-0.1, -0.05) is 12.7 Å². The lowest BCUT2D eigenvalue weighted by Gasteiger charge is -2.32. The number of nitrogens with one attached hydrogen (secondary N) is 1. The van der Waals surface area contributed by atoms with Gasteiger partial charge in [0.15, 0.2) is 0 Å². The van der Waals surface area contributed by atoms with Crippen molar-refractivity contribution in [2.24, 2.45) is 5.92 Å². The molecule has 1 aromatic carbocycles. The van der Waals surface area contributed by atoms with Crippen molar-refractivity contribution >= 4 is 21.8 Å². The van der Waals surface area contributed by atoms with Crippen molar-refractivity contribution < 1.29 is 17.9 Å². The summed E-state index contributed by atoms with van der Waals surface area (Å²) in [4.78, 5) is 12.5. The predicted molar refractivity (Wildman–Crippen MR) is 97.7 cm³/mol. The fourth-order valence-electron chi connectivity index (χ4n) is 2.63. The molecule has 1 atom stereocenters. The number of ether oxygens (including phenoxy) is 1. The molecule has 0 saturated carbocycles. The molecule has 1 amide bonds. The van der Waals surface area contributed by atoms with Crippen LogP contribution in [0, 0.1) is 5.92 Å². The SMILES string of the molecule is C=CCOc1ccc(NC(=O)[C@@H]2CCCN(S(=O)(=O)N(C)C)C2)cc1. The highest BCUT2D eigenvalue weighted by Gasteiger charge is 2.33. The molecule has 8 heteroatoms. The first-order valence-corrected chi connectivity index (χ1v) is 9.56. The van der Waals surface area contributed by atoms with Crippen molar-refractivity contribution in [2.75, 3.05) is 39.1 Å². The molecule has 1 N–H and O–H groups in total. The maximum Gasteiger partial charge on any atom is 0.281 e. The lowest BCUT2D eigenvalue weighted by Crippen LogP contribution is -2.47. The van der Waals surface area contributed by atoms with Crippen LogP contribution in [0.2, 0.25) is 0 Å². The molecule has 0 aliphatic carbocycles. The smallest absolute Gasteiger partial charge is 0.281 e. The van der Waals surface area contributed by atoms with E-state index in [4.69, 9.17) is 4.74 Å². The van der Waals surface area contributed by atoms with Crippen molar-refractivity contribution in [3.05, 3.63) is 36.9 Å². The van der Waals surface area contributed by atoms with Crippen LogP contribution in [-0.4, -0.2) is 56.7 Å². The van der Waals surface area contributed by atoms with Crippen LogP contribution >= 0.6 is 0 Å². The van der Waals surface area contributed by atoms with E-state index in [1.807, 2.05) is 0 Å². The molecule has 1 saturated heterocycles. The van der Waals surface area contributed by atoms with Crippen LogP contribution in [0.25, 0.3) is 0 Å². The zero-order valence-electron chi connectivity index (χ0n) is 14.6. The molecule has 0 unspecified atom stereocenters. The molecule has 0 aromatic heterocycles. The topological polar surface area (TPSA) is 79.0 Å². The quantitative estimate of drug-likeness (QED) is 0.744. The lowest BCUT2D eigenvalue weighted by atomic mass is 9.99. The number of benzene rings is 1. The van der Waals surface area contributed by atoms with Gasteiger partial charge in [-0.25, -0.2) is 0 Å². The predicted octanol–water partition coefficient (Wildman–Crippen LogP) is 1.71. The molecule has 1 aliphatic heterocycles. The molecular formula is C17H25N3O4S. The minimum Gasteiger partial charge on any atom is -0.490 e. The average molecular weight is 367 g/mol. The van der Waals surface area contributed by atoms with E-state index >= 15 is 0 Å². The van der Waals surface area contributed by atoms with Gasteiger partial charge in [0.2, 0.25) is 5.91 Å². The number of hydrogen-bond acceptors (Lipinski definition) is 4. The third kappa shape index (κ3) is 5.04. The molecule has 1 heterocycles. The fraction of sp³-hybridized carbons (Fsp3) is 0.471. The normalized spacial score (nSPS) is 18.8. The number of piperidine rings is 1. The van der Waals surface area contributed by atoms with E-state index in [9.17, 15) is 13.2 Å². The largest absolute Gasteiger partial charge is 0.490 e. The molecule has 1 aromatic rings. The van der Waals surface area contributed by atoms with Crippen molar-refractivity contribution in [1.29, 1.82) is 0 Å². The third-order valence-electron chi connectivity index (χ3n) is 4.03. The van der Waals surface area contributed by atoms with E-state index in [2.05, 4.69) is 11.9 Å². The highest BCUT2D eigenvalue weighted by molar-refractivity contribution is 7.86. The van der Waals surface area contributed by atoms with E-state index in [0.717, 1.165) is 0 Å². The second-order valence-electron chi connectivity index (χ2n) is 6.10. The summed E-state index contributed by atoms with van der Waals surface area (Å²) in [5.74, 6) is 0.164. The van der Waals surface area contributed by atoms with Crippen molar-refractivity contribution in [3.63, 3.8) is 0 Å². The fourth-order valence-corrected chi connectivity index (χ4v) is 3.82. The van der Waals surface area contributed by atoms with Crippen molar-refractivity contribution in [3.8, 4) is 5.75 Å². The Hall–Kier alpha value is -1.90. The summed E-state index contributed by atoms with van der Waals surface area (Å²) in [7, 11) is -0.502. The number of carbonyl (C=O) groups is 1.